The van der Waals surface area contributed by atoms with Crippen molar-refractivity contribution in [2.75, 3.05) is 6.61 Å². The van der Waals surface area contributed by atoms with Crippen LogP contribution in [0.3, 0.4) is 0 Å². The molecule has 0 amide bonds. The largest absolute Gasteiger partial charge is 0.493 e. The molecule has 0 unspecified atom stereocenters. The molecular weight excluding hydrogens is 226 g/mol. The second kappa shape index (κ2) is 4.18. The van der Waals surface area contributed by atoms with Crippen LogP contribution >= 0.6 is 0 Å². The monoisotopic (exact) mass is 239 g/mol. The molecule has 0 spiro atoms. The van der Waals surface area contributed by atoms with Crippen molar-refractivity contribution in [3.05, 3.63) is 52.8 Å². The first kappa shape index (κ1) is 10.8. The van der Waals surface area contributed by atoms with E-state index in [1.54, 1.807) is 0 Å². The molecule has 0 radical (unpaired) electrons. The molecule has 3 aromatic rings. The van der Waals surface area contributed by atoms with Crippen LogP contribution in [0.5, 0.6) is 5.75 Å². The molecule has 0 saturated carbocycles. The SMILES string of the molecule is CCOc1cccc2ccc3ccc(=O)[nH]c3c12. The molecule has 3 heteroatoms. The molecular formula is C15H13NO2. The van der Waals surface area contributed by atoms with Crippen LogP contribution in [-0.2, 0) is 0 Å². The molecule has 0 saturated heterocycles. The Bertz CT molecular complexity index is 774. The second-order valence-corrected chi connectivity index (χ2v) is 4.14. The molecule has 1 aromatic heterocycles. The third-order valence-corrected chi connectivity index (χ3v) is 3.00. The quantitative estimate of drug-likeness (QED) is 0.698. The van der Waals surface area contributed by atoms with Gasteiger partial charge in [0.05, 0.1) is 12.1 Å². The number of ether oxygens (including phenoxy) is 1. The summed E-state index contributed by atoms with van der Waals surface area (Å²) in [4.78, 5) is 14.4. The topological polar surface area (TPSA) is 42.1 Å². The summed E-state index contributed by atoms with van der Waals surface area (Å²) >= 11 is 0. The van der Waals surface area contributed by atoms with Gasteiger partial charge in [0.25, 0.3) is 0 Å². The predicted octanol–water partition coefficient (Wildman–Crippen LogP) is 3.08. The fourth-order valence-electron chi connectivity index (χ4n) is 2.24. The van der Waals surface area contributed by atoms with E-state index >= 15 is 0 Å². The van der Waals surface area contributed by atoms with Gasteiger partial charge in [0.2, 0.25) is 5.56 Å². The van der Waals surface area contributed by atoms with Crippen molar-refractivity contribution in [3.8, 4) is 5.75 Å². The number of rotatable bonds is 2. The van der Waals surface area contributed by atoms with Crippen molar-refractivity contribution in [2.45, 2.75) is 6.92 Å². The summed E-state index contributed by atoms with van der Waals surface area (Å²) in [5.74, 6) is 0.808. The Morgan fingerprint density at radius 1 is 1.06 bits per heavy atom. The lowest BCUT2D eigenvalue weighted by atomic mass is 10.1. The summed E-state index contributed by atoms with van der Waals surface area (Å²) in [6.07, 6.45) is 0. The normalized spacial score (nSPS) is 10.9. The summed E-state index contributed by atoms with van der Waals surface area (Å²) in [6, 6.07) is 13.3. The molecule has 0 fully saturated rings. The van der Waals surface area contributed by atoms with Crippen LogP contribution < -0.4 is 10.3 Å². The van der Waals surface area contributed by atoms with E-state index in [0.29, 0.717) is 6.61 Å². The zero-order valence-electron chi connectivity index (χ0n) is 10.1. The van der Waals surface area contributed by atoms with Gasteiger partial charge in [-0.1, -0.05) is 24.3 Å². The van der Waals surface area contributed by atoms with Crippen LogP contribution in [0.25, 0.3) is 21.7 Å². The Hall–Kier alpha value is -2.29. The number of H-pyrrole nitrogens is 1. The number of nitrogens with one attached hydrogen (secondary N) is 1. The molecule has 1 N–H and O–H groups in total. The summed E-state index contributed by atoms with van der Waals surface area (Å²) < 4.78 is 5.65. The summed E-state index contributed by atoms with van der Waals surface area (Å²) in [7, 11) is 0. The number of benzene rings is 2. The maximum Gasteiger partial charge on any atom is 0.248 e. The van der Waals surface area contributed by atoms with Crippen LogP contribution in [0.4, 0.5) is 0 Å². The number of aromatic nitrogens is 1. The van der Waals surface area contributed by atoms with Gasteiger partial charge < -0.3 is 9.72 Å². The zero-order valence-corrected chi connectivity index (χ0v) is 10.1. The van der Waals surface area contributed by atoms with Crippen LogP contribution in [0.2, 0.25) is 0 Å². The predicted molar refractivity (Wildman–Crippen MR) is 73.2 cm³/mol. The van der Waals surface area contributed by atoms with Gasteiger partial charge in [0.1, 0.15) is 5.75 Å². The van der Waals surface area contributed by atoms with Crippen LogP contribution in [-0.4, -0.2) is 11.6 Å². The van der Waals surface area contributed by atoms with E-state index in [-0.39, 0.29) is 5.56 Å². The summed E-state index contributed by atoms with van der Waals surface area (Å²) in [5.41, 5.74) is 0.741. The molecule has 3 rings (SSSR count). The van der Waals surface area contributed by atoms with Gasteiger partial charge in [-0.15, -0.1) is 0 Å². The minimum Gasteiger partial charge on any atom is -0.493 e. The van der Waals surface area contributed by atoms with Crippen molar-refractivity contribution in [3.63, 3.8) is 0 Å². The van der Waals surface area contributed by atoms with Crippen LogP contribution in [0.1, 0.15) is 6.92 Å². The van der Waals surface area contributed by atoms with Crippen molar-refractivity contribution in [1.29, 1.82) is 0 Å². The van der Waals surface area contributed by atoms with Gasteiger partial charge in [-0.2, -0.15) is 0 Å². The lowest BCUT2D eigenvalue weighted by molar-refractivity contribution is 0.344. The Morgan fingerprint density at radius 3 is 2.67 bits per heavy atom. The average molecular weight is 239 g/mol. The number of hydrogen-bond donors (Lipinski definition) is 1. The number of fused-ring (bicyclic) bond motifs is 3. The zero-order chi connectivity index (χ0) is 12.5. The van der Waals surface area contributed by atoms with E-state index in [9.17, 15) is 4.79 Å². The van der Waals surface area contributed by atoms with Gasteiger partial charge in [0, 0.05) is 11.5 Å². The second-order valence-electron chi connectivity index (χ2n) is 4.14. The highest BCUT2D eigenvalue weighted by atomic mass is 16.5. The number of aromatic amines is 1. The van der Waals surface area contributed by atoms with Crippen molar-refractivity contribution in [1.82, 2.24) is 4.98 Å². The molecule has 0 aliphatic heterocycles. The molecule has 2 aromatic carbocycles. The maximum absolute atomic E-state index is 11.5. The average Bonchev–Trinajstić information content (AvgIpc) is 2.39. The van der Waals surface area contributed by atoms with Gasteiger partial charge in [-0.05, 0) is 29.8 Å². The highest BCUT2D eigenvalue weighted by Crippen LogP contribution is 2.31. The van der Waals surface area contributed by atoms with Gasteiger partial charge in [0.15, 0.2) is 0 Å². The molecule has 1 heterocycles. The minimum atomic E-state index is -0.0960. The van der Waals surface area contributed by atoms with Crippen molar-refractivity contribution >= 4 is 21.7 Å². The Balaban J connectivity index is 2.50. The smallest absolute Gasteiger partial charge is 0.248 e. The van der Waals surface area contributed by atoms with Gasteiger partial charge in [-0.3, -0.25) is 4.79 Å². The Labute approximate surface area is 104 Å². The van der Waals surface area contributed by atoms with E-state index in [1.807, 2.05) is 43.3 Å². The summed E-state index contributed by atoms with van der Waals surface area (Å²) in [6.45, 7) is 2.55. The molecule has 90 valence electrons. The molecule has 0 aliphatic rings. The Kier molecular flexibility index (Phi) is 2.52. The van der Waals surface area contributed by atoms with E-state index in [2.05, 4.69) is 4.98 Å². The van der Waals surface area contributed by atoms with E-state index < -0.39 is 0 Å². The van der Waals surface area contributed by atoms with E-state index in [0.717, 1.165) is 27.4 Å². The minimum absolute atomic E-state index is 0.0960. The third kappa shape index (κ3) is 1.64. The lowest BCUT2D eigenvalue weighted by Crippen LogP contribution is -2.03. The third-order valence-electron chi connectivity index (χ3n) is 3.00. The van der Waals surface area contributed by atoms with Gasteiger partial charge >= 0.3 is 0 Å². The first-order chi connectivity index (χ1) is 8.79. The molecule has 3 nitrogen and oxygen atoms in total. The van der Waals surface area contributed by atoms with E-state index in [4.69, 9.17) is 4.74 Å². The number of hydrogen-bond acceptors (Lipinski definition) is 2. The van der Waals surface area contributed by atoms with Gasteiger partial charge in [-0.25, -0.2) is 0 Å². The fourth-order valence-corrected chi connectivity index (χ4v) is 2.24. The van der Waals surface area contributed by atoms with Crippen LogP contribution in [0.15, 0.2) is 47.3 Å². The first-order valence-corrected chi connectivity index (χ1v) is 5.97. The molecule has 0 aliphatic carbocycles. The van der Waals surface area contributed by atoms with Crippen LogP contribution in [0, 0.1) is 0 Å². The molecule has 0 atom stereocenters. The van der Waals surface area contributed by atoms with Crippen molar-refractivity contribution < 1.29 is 4.74 Å². The molecule has 18 heavy (non-hydrogen) atoms. The summed E-state index contributed by atoms with van der Waals surface area (Å²) in [5, 5.41) is 3.04. The standard InChI is InChI=1S/C15H13NO2/c1-2-18-12-5-3-4-10-6-7-11-8-9-13(17)16-15(11)14(10)12/h3-9H,2H2,1H3,(H,16,17). The first-order valence-electron chi connectivity index (χ1n) is 5.97. The Morgan fingerprint density at radius 2 is 1.83 bits per heavy atom. The van der Waals surface area contributed by atoms with E-state index in [1.165, 1.54) is 6.07 Å². The molecule has 0 bridgehead atoms. The number of pyridine rings is 1. The van der Waals surface area contributed by atoms with Crippen molar-refractivity contribution in [2.24, 2.45) is 0 Å². The lowest BCUT2D eigenvalue weighted by Gasteiger charge is -2.09. The fraction of sp³-hybridized carbons (Fsp3) is 0.133. The maximum atomic E-state index is 11.5. The highest BCUT2D eigenvalue weighted by molar-refractivity contribution is 6.08. The highest BCUT2D eigenvalue weighted by Gasteiger charge is 2.06.